The minimum absolute atomic E-state index is 0.981. The van der Waals surface area contributed by atoms with Gasteiger partial charge in [0.25, 0.3) is 0 Å². The van der Waals surface area contributed by atoms with E-state index < -0.39 is 0 Å². The molecule has 3 nitrogen and oxygen atoms in total. The third-order valence-corrected chi connectivity index (χ3v) is 10.3. The van der Waals surface area contributed by atoms with E-state index in [2.05, 4.69) is 168 Å². The molecule has 49 heavy (non-hydrogen) atoms. The number of imidazole rings is 1. The molecule has 0 saturated heterocycles. The van der Waals surface area contributed by atoms with Crippen LogP contribution in [0.5, 0.6) is 0 Å². The fourth-order valence-electron chi connectivity index (χ4n) is 8.01. The van der Waals surface area contributed by atoms with E-state index >= 15 is 0 Å². The summed E-state index contributed by atoms with van der Waals surface area (Å²) in [5.41, 5.74) is 9.84. The van der Waals surface area contributed by atoms with Crippen molar-refractivity contribution in [2.24, 2.45) is 0 Å². The number of aromatic nitrogens is 3. The average Bonchev–Trinajstić information content (AvgIpc) is 3.59. The molecule has 0 amide bonds. The van der Waals surface area contributed by atoms with Crippen LogP contribution in [0, 0.1) is 0 Å². The highest BCUT2D eigenvalue weighted by atomic mass is 15.0. The normalized spacial score (nSPS) is 12.1. The zero-order chi connectivity index (χ0) is 32.1. The Morgan fingerprint density at radius 2 is 0.918 bits per heavy atom. The van der Waals surface area contributed by atoms with Gasteiger partial charge in [-0.2, -0.15) is 0 Å². The second-order valence-electron chi connectivity index (χ2n) is 13.0. The standard InChI is InChI=1S/C46H27N3/c1-2-10-33-29(9-1)19-22-31-23-25-41(47-43(31)33)30-20-17-28(18-21-30)32-24-26-42-40(27-32)36-13-5-8-16-39(36)46-48-44-37-14-6-3-11-34(37)35-12-4-7-15-38(35)45(44)49(42)46/h1-27H. The molecule has 0 aliphatic rings. The number of hydrogen-bond donors (Lipinski definition) is 0. The number of hydrogen-bond acceptors (Lipinski definition) is 2. The second-order valence-corrected chi connectivity index (χ2v) is 13.0. The van der Waals surface area contributed by atoms with Crippen LogP contribution in [0.4, 0.5) is 0 Å². The molecule has 3 aromatic heterocycles. The van der Waals surface area contributed by atoms with Crippen molar-refractivity contribution in [3.63, 3.8) is 0 Å². The quantitative estimate of drug-likeness (QED) is 0.180. The van der Waals surface area contributed by atoms with Crippen molar-refractivity contribution >= 4 is 81.6 Å². The van der Waals surface area contributed by atoms with E-state index in [1.807, 2.05) is 0 Å². The maximum absolute atomic E-state index is 5.38. The van der Waals surface area contributed by atoms with Crippen LogP contribution in [0.15, 0.2) is 164 Å². The molecule has 8 aromatic carbocycles. The van der Waals surface area contributed by atoms with Gasteiger partial charge in [-0.3, -0.25) is 4.40 Å². The molecule has 11 aromatic rings. The first-order valence-corrected chi connectivity index (χ1v) is 16.8. The molecule has 0 radical (unpaired) electrons. The predicted molar refractivity (Wildman–Crippen MR) is 206 cm³/mol. The Morgan fingerprint density at radius 3 is 1.71 bits per heavy atom. The Kier molecular flexibility index (Phi) is 5.38. The molecule has 0 aliphatic carbocycles. The maximum Gasteiger partial charge on any atom is 0.146 e. The van der Waals surface area contributed by atoms with Crippen molar-refractivity contribution in [2.45, 2.75) is 0 Å². The molecule has 3 heteroatoms. The lowest BCUT2D eigenvalue weighted by molar-refractivity contribution is 1.32. The van der Waals surface area contributed by atoms with Crippen LogP contribution in [0.2, 0.25) is 0 Å². The van der Waals surface area contributed by atoms with Gasteiger partial charge in [0.05, 0.1) is 27.8 Å². The fourth-order valence-corrected chi connectivity index (χ4v) is 8.01. The number of pyridine rings is 2. The van der Waals surface area contributed by atoms with Crippen LogP contribution in [0.1, 0.15) is 0 Å². The highest BCUT2D eigenvalue weighted by Gasteiger charge is 2.19. The van der Waals surface area contributed by atoms with E-state index in [-0.39, 0.29) is 0 Å². The van der Waals surface area contributed by atoms with E-state index in [1.165, 1.54) is 54.2 Å². The van der Waals surface area contributed by atoms with Crippen molar-refractivity contribution < 1.29 is 0 Å². The molecule has 3 heterocycles. The summed E-state index contributed by atoms with van der Waals surface area (Å²) < 4.78 is 2.39. The van der Waals surface area contributed by atoms with Crippen LogP contribution >= 0.6 is 0 Å². The summed E-state index contributed by atoms with van der Waals surface area (Å²) in [4.78, 5) is 10.5. The van der Waals surface area contributed by atoms with Gasteiger partial charge < -0.3 is 0 Å². The van der Waals surface area contributed by atoms with E-state index in [9.17, 15) is 0 Å². The largest absolute Gasteiger partial charge is 0.291 e. The zero-order valence-corrected chi connectivity index (χ0v) is 26.4. The van der Waals surface area contributed by atoms with Crippen molar-refractivity contribution in [1.82, 2.24) is 14.4 Å². The Balaban J connectivity index is 1.11. The molecular formula is C46H27N3. The van der Waals surface area contributed by atoms with Crippen molar-refractivity contribution in [3.05, 3.63) is 164 Å². The highest BCUT2D eigenvalue weighted by molar-refractivity contribution is 6.26. The molecule has 0 saturated carbocycles. The van der Waals surface area contributed by atoms with Gasteiger partial charge in [-0.05, 0) is 50.9 Å². The van der Waals surface area contributed by atoms with Crippen molar-refractivity contribution in [2.75, 3.05) is 0 Å². The van der Waals surface area contributed by atoms with Gasteiger partial charge in [0, 0.05) is 37.9 Å². The lowest BCUT2D eigenvalue weighted by atomic mass is 9.98. The number of benzene rings is 8. The molecule has 0 bridgehead atoms. The Hall–Kier alpha value is -6.58. The summed E-state index contributed by atoms with van der Waals surface area (Å²) in [6.45, 7) is 0. The van der Waals surface area contributed by atoms with E-state index in [0.717, 1.165) is 49.7 Å². The van der Waals surface area contributed by atoms with E-state index in [0.29, 0.717) is 0 Å². The lowest BCUT2D eigenvalue weighted by Gasteiger charge is -2.13. The van der Waals surface area contributed by atoms with E-state index in [1.54, 1.807) is 0 Å². The van der Waals surface area contributed by atoms with Crippen LogP contribution in [-0.4, -0.2) is 14.4 Å². The second kappa shape index (κ2) is 9.96. The predicted octanol–water partition coefficient (Wildman–Crippen LogP) is 12.1. The summed E-state index contributed by atoms with van der Waals surface area (Å²) in [7, 11) is 0. The lowest BCUT2D eigenvalue weighted by Crippen LogP contribution is -1.93. The number of nitrogens with zero attached hydrogens (tertiary/aromatic N) is 3. The first-order valence-electron chi connectivity index (χ1n) is 16.8. The molecular weight excluding hydrogens is 595 g/mol. The third kappa shape index (κ3) is 3.78. The van der Waals surface area contributed by atoms with Crippen LogP contribution in [0.3, 0.4) is 0 Å². The molecule has 0 fully saturated rings. The van der Waals surface area contributed by atoms with Crippen LogP contribution in [-0.2, 0) is 0 Å². The first kappa shape index (κ1) is 26.5. The zero-order valence-electron chi connectivity index (χ0n) is 26.4. The fraction of sp³-hybridized carbons (Fsp3) is 0. The van der Waals surface area contributed by atoms with Gasteiger partial charge in [0.1, 0.15) is 5.65 Å². The summed E-state index contributed by atoms with van der Waals surface area (Å²) >= 11 is 0. The summed E-state index contributed by atoms with van der Waals surface area (Å²) in [5.74, 6) is 0. The minimum atomic E-state index is 0.981. The van der Waals surface area contributed by atoms with Gasteiger partial charge in [-0.1, -0.05) is 146 Å². The van der Waals surface area contributed by atoms with Gasteiger partial charge >= 0.3 is 0 Å². The van der Waals surface area contributed by atoms with Crippen molar-refractivity contribution in [3.8, 4) is 22.4 Å². The van der Waals surface area contributed by atoms with E-state index in [4.69, 9.17) is 9.97 Å². The Morgan fingerprint density at radius 1 is 0.347 bits per heavy atom. The monoisotopic (exact) mass is 621 g/mol. The van der Waals surface area contributed by atoms with Crippen LogP contribution in [0.25, 0.3) is 104 Å². The van der Waals surface area contributed by atoms with Gasteiger partial charge in [-0.15, -0.1) is 0 Å². The third-order valence-electron chi connectivity index (χ3n) is 10.3. The highest BCUT2D eigenvalue weighted by Crippen LogP contribution is 2.40. The molecule has 0 N–H and O–H groups in total. The van der Waals surface area contributed by atoms with Gasteiger partial charge in [0.2, 0.25) is 0 Å². The number of fused-ring (bicyclic) bond motifs is 16. The van der Waals surface area contributed by atoms with Crippen molar-refractivity contribution in [1.29, 1.82) is 0 Å². The average molecular weight is 622 g/mol. The maximum atomic E-state index is 5.38. The number of rotatable bonds is 2. The topological polar surface area (TPSA) is 30.2 Å². The molecule has 11 rings (SSSR count). The molecule has 0 unspecified atom stereocenters. The first-order chi connectivity index (χ1) is 24.3. The minimum Gasteiger partial charge on any atom is -0.291 e. The summed E-state index contributed by atoms with van der Waals surface area (Å²) in [6, 6.07) is 58.9. The molecule has 226 valence electrons. The molecule has 0 atom stereocenters. The Labute approximate surface area is 281 Å². The smallest absolute Gasteiger partial charge is 0.146 e. The molecule has 0 aliphatic heterocycles. The molecule has 0 spiro atoms. The summed E-state index contributed by atoms with van der Waals surface area (Å²) in [5, 5.41) is 12.0. The van der Waals surface area contributed by atoms with Gasteiger partial charge in [-0.25, -0.2) is 9.97 Å². The van der Waals surface area contributed by atoms with Crippen LogP contribution < -0.4 is 0 Å². The van der Waals surface area contributed by atoms with Gasteiger partial charge in [0.15, 0.2) is 0 Å². The SMILES string of the molecule is c1ccc2c(c1)ccc1ccc(-c3ccc(-c4ccc5c(c4)c4ccccc4c4nc6c7ccccc7c7ccccc7c6n54)cc3)nc12. The Bertz CT molecular complexity index is 3150. The summed E-state index contributed by atoms with van der Waals surface area (Å²) in [6.07, 6.45) is 0.